The van der Waals surface area contributed by atoms with E-state index in [1.165, 1.54) is 12.8 Å². The second-order valence-corrected chi connectivity index (χ2v) is 4.28. The van der Waals surface area contributed by atoms with E-state index < -0.39 is 0 Å². The minimum atomic E-state index is 0.0218. The van der Waals surface area contributed by atoms with Gasteiger partial charge in [0, 0.05) is 5.88 Å². The average Bonchev–Trinajstić information content (AvgIpc) is 2.20. The molecule has 0 amide bonds. The van der Waals surface area contributed by atoms with Gasteiger partial charge in [0.15, 0.2) is 0 Å². The summed E-state index contributed by atoms with van der Waals surface area (Å²) in [6.45, 7) is 0.627. The molecule has 3 heteroatoms. The van der Waals surface area contributed by atoms with Crippen molar-refractivity contribution in [1.82, 2.24) is 0 Å². The molecule has 0 aromatic rings. The second kappa shape index (κ2) is 7.10. The molecular weight excluding hydrogens is 200 g/mol. The molecule has 82 valence electrons. The van der Waals surface area contributed by atoms with E-state index in [1.54, 1.807) is 0 Å². The number of ether oxygens (including phenoxy) is 1. The van der Waals surface area contributed by atoms with Crippen molar-refractivity contribution in [1.29, 1.82) is 0 Å². The van der Waals surface area contributed by atoms with Gasteiger partial charge in [0.25, 0.3) is 0 Å². The summed E-state index contributed by atoms with van der Waals surface area (Å²) in [4.78, 5) is 11.3. The summed E-state index contributed by atoms with van der Waals surface area (Å²) in [5, 5.41) is 0. The summed E-state index contributed by atoms with van der Waals surface area (Å²) in [6.07, 6.45) is 7.67. The Morgan fingerprint density at radius 1 is 1.29 bits per heavy atom. The van der Waals surface area contributed by atoms with Crippen LogP contribution in [0.4, 0.5) is 0 Å². The Hall–Kier alpha value is -0.240. The molecule has 1 rings (SSSR count). The highest BCUT2D eigenvalue weighted by atomic mass is 35.5. The molecule has 0 aliphatic carbocycles. The summed E-state index contributed by atoms with van der Waals surface area (Å²) in [5.41, 5.74) is 0. The third-order valence-electron chi connectivity index (χ3n) is 2.71. The minimum Gasteiger partial charge on any atom is -0.465 e. The van der Waals surface area contributed by atoms with Gasteiger partial charge in [-0.05, 0) is 25.7 Å². The molecule has 0 N–H and O–H groups in total. The molecule has 0 spiro atoms. The summed E-state index contributed by atoms with van der Waals surface area (Å²) >= 11 is 5.58. The normalized spacial score (nSPS) is 22.1. The Morgan fingerprint density at radius 3 is 2.79 bits per heavy atom. The first-order chi connectivity index (χ1) is 6.84. The molecule has 14 heavy (non-hydrogen) atoms. The van der Waals surface area contributed by atoms with Crippen LogP contribution in [-0.4, -0.2) is 18.5 Å². The molecule has 1 saturated heterocycles. The first kappa shape index (κ1) is 11.8. The van der Waals surface area contributed by atoms with Crippen molar-refractivity contribution in [3.8, 4) is 0 Å². The summed E-state index contributed by atoms with van der Waals surface area (Å²) in [6, 6.07) is 0. The van der Waals surface area contributed by atoms with Crippen molar-refractivity contribution >= 4 is 17.6 Å². The predicted octanol–water partition coefficient (Wildman–Crippen LogP) is 3.13. The number of rotatable bonds is 6. The number of halogens is 1. The highest BCUT2D eigenvalue weighted by molar-refractivity contribution is 6.17. The minimum absolute atomic E-state index is 0.0218. The maximum absolute atomic E-state index is 11.3. The molecule has 2 nitrogen and oxygen atoms in total. The zero-order valence-corrected chi connectivity index (χ0v) is 9.39. The number of unbranched alkanes of at least 4 members (excludes halogenated alkanes) is 3. The van der Waals surface area contributed by atoms with Crippen LogP contribution in [0.25, 0.3) is 0 Å². The van der Waals surface area contributed by atoms with Crippen molar-refractivity contribution in [3.05, 3.63) is 0 Å². The van der Waals surface area contributed by atoms with E-state index in [0.717, 1.165) is 38.0 Å². The van der Waals surface area contributed by atoms with Crippen molar-refractivity contribution in [2.45, 2.75) is 44.9 Å². The van der Waals surface area contributed by atoms with Crippen LogP contribution in [0.3, 0.4) is 0 Å². The van der Waals surface area contributed by atoms with Gasteiger partial charge < -0.3 is 4.74 Å². The quantitative estimate of drug-likeness (QED) is 0.389. The van der Waals surface area contributed by atoms with E-state index in [9.17, 15) is 4.79 Å². The summed E-state index contributed by atoms with van der Waals surface area (Å²) in [7, 11) is 0. The molecule has 0 aromatic carbocycles. The largest absolute Gasteiger partial charge is 0.465 e. The average molecular weight is 219 g/mol. The lowest BCUT2D eigenvalue weighted by molar-refractivity contribution is -0.153. The van der Waals surface area contributed by atoms with Gasteiger partial charge in [-0.3, -0.25) is 4.79 Å². The van der Waals surface area contributed by atoms with E-state index in [2.05, 4.69) is 0 Å². The molecule has 0 bridgehead atoms. The van der Waals surface area contributed by atoms with E-state index in [0.29, 0.717) is 6.61 Å². The zero-order chi connectivity index (χ0) is 10.2. The van der Waals surface area contributed by atoms with Crippen LogP contribution in [0, 0.1) is 5.92 Å². The third kappa shape index (κ3) is 4.32. The number of carbonyl (C=O) groups is 1. The van der Waals surface area contributed by atoms with Gasteiger partial charge in [-0.1, -0.05) is 19.3 Å². The number of cyclic esters (lactones) is 1. The highest BCUT2D eigenvalue weighted by Gasteiger charge is 2.22. The van der Waals surface area contributed by atoms with Crippen LogP contribution >= 0.6 is 11.6 Å². The lowest BCUT2D eigenvalue weighted by Gasteiger charge is -2.20. The first-order valence-electron chi connectivity index (χ1n) is 5.57. The fourth-order valence-electron chi connectivity index (χ4n) is 1.84. The van der Waals surface area contributed by atoms with Gasteiger partial charge >= 0.3 is 5.97 Å². The summed E-state index contributed by atoms with van der Waals surface area (Å²) in [5.74, 6) is 0.958. The Morgan fingerprint density at radius 2 is 2.07 bits per heavy atom. The maximum Gasteiger partial charge on any atom is 0.308 e. The Bertz CT molecular complexity index is 171. The number of hydrogen-bond donors (Lipinski definition) is 0. The van der Waals surface area contributed by atoms with Gasteiger partial charge in [-0.2, -0.15) is 0 Å². The topological polar surface area (TPSA) is 26.3 Å². The monoisotopic (exact) mass is 218 g/mol. The molecule has 1 aliphatic heterocycles. The Balaban J connectivity index is 2.02. The van der Waals surface area contributed by atoms with Gasteiger partial charge in [0.1, 0.15) is 0 Å². The SMILES string of the molecule is O=C1OCCCC1CCCCCCCl. The van der Waals surface area contributed by atoms with E-state index in [-0.39, 0.29) is 11.9 Å². The highest BCUT2D eigenvalue weighted by Crippen LogP contribution is 2.21. The molecular formula is C11H19ClO2. The van der Waals surface area contributed by atoms with Gasteiger partial charge in [0.2, 0.25) is 0 Å². The van der Waals surface area contributed by atoms with Crippen LogP contribution in [0.2, 0.25) is 0 Å². The lowest BCUT2D eigenvalue weighted by Crippen LogP contribution is -2.23. The van der Waals surface area contributed by atoms with E-state index in [4.69, 9.17) is 16.3 Å². The zero-order valence-electron chi connectivity index (χ0n) is 8.64. The fraction of sp³-hybridized carbons (Fsp3) is 0.909. The number of carbonyl (C=O) groups excluding carboxylic acids is 1. The van der Waals surface area contributed by atoms with Crippen LogP contribution < -0.4 is 0 Å². The van der Waals surface area contributed by atoms with E-state index in [1.807, 2.05) is 0 Å². The van der Waals surface area contributed by atoms with Crippen LogP contribution in [0.1, 0.15) is 44.9 Å². The standard InChI is InChI=1S/C11H19ClO2/c12-8-4-2-1-3-6-10-7-5-9-14-11(10)13/h10H,1-9H2. The number of esters is 1. The van der Waals surface area contributed by atoms with Crippen molar-refractivity contribution in [3.63, 3.8) is 0 Å². The molecule has 1 aliphatic rings. The number of hydrogen-bond acceptors (Lipinski definition) is 2. The van der Waals surface area contributed by atoms with Crippen molar-refractivity contribution in [2.24, 2.45) is 5.92 Å². The Kier molecular flexibility index (Phi) is 6.00. The fourth-order valence-corrected chi connectivity index (χ4v) is 2.03. The van der Waals surface area contributed by atoms with E-state index >= 15 is 0 Å². The van der Waals surface area contributed by atoms with Gasteiger partial charge in [-0.15, -0.1) is 11.6 Å². The van der Waals surface area contributed by atoms with Gasteiger partial charge in [0.05, 0.1) is 12.5 Å². The molecule has 0 radical (unpaired) electrons. The molecule has 1 fully saturated rings. The van der Waals surface area contributed by atoms with Crippen LogP contribution in [-0.2, 0) is 9.53 Å². The number of alkyl halides is 1. The Labute approximate surface area is 91.0 Å². The summed E-state index contributed by atoms with van der Waals surface area (Å²) < 4.78 is 5.01. The molecule has 0 aromatic heterocycles. The molecule has 1 unspecified atom stereocenters. The smallest absolute Gasteiger partial charge is 0.308 e. The van der Waals surface area contributed by atoms with Crippen molar-refractivity contribution in [2.75, 3.05) is 12.5 Å². The lowest BCUT2D eigenvalue weighted by atomic mass is 9.95. The molecule has 1 heterocycles. The molecule has 0 saturated carbocycles. The van der Waals surface area contributed by atoms with Crippen LogP contribution in [0.15, 0.2) is 0 Å². The van der Waals surface area contributed by atoms with Gasteiger partial charge in [-0.25, -0.2) is 0 Å². The van der Waals surface area contributed by atoms with Crippen molar-refractivity contribution < 1.29 is 9.53 Å². The predicted molar refractivity (Wildman–Crippen MR) is 57.5 cm³/mol. The second-order valence-electron chi connectivity index (χ2n) is 3.90. The third-order valence-corrected chi connectivity index (χ3v) is 2.98. The maximum atomic E-state index is 11.3. The first-order valence-corrected chi connectivity index (χ1v) is 6.10. The van der Waals surface area contributed by atoms with Crippen LogP contribution in [0.5, 0.6) is 0 Å². The molecule has 1 atom stereocenters.